The maximum atomic E-state index is 12.1. The summed E-state index contributed by atoms with van der Waals surface area (Å²) in [5, 5.41) is 5.31. The van der Waals surface area contributed by atoms with Gasteiger partial charge in [-0.2, -0.15) is 0 Å². The Morgan fingerprint density at radius 2 is 2.15 bits per heavy atom. The number of amides is 1. The van der Waals surface area contributed by atoms with Crippen molar-refractivity contribution in [1.29, 1.82) is 0 Å². The number of carbonyl (C=O) groups excluding carboxylic acids is 1. The highest BCUT2D eigenvalue weighted by Gasteiger charge is 2.25. The lowest BCUT2D eigenvalue weighted by atomic mass is 10.0. The van der Waals surface area contributed by atoms with Crippen LogP contribution in [0, 0.1) is 0 Å². The molecule has 6 heteroatoms. The Balaban J connectivity index is 1.73. The summed E-state index contributed by atoms with van der Waals surface area (Å²) in [6.07, 6.45) is 4.42. The number of thioether (sulfide) groups is 1. The van der Waals surface area contributed by atoms with E-state index in [2.05, 4.69) is 52.2 Å². The third-order valence-corrected chi connectivity index (χ3v) is 6.65. The molecule has 2 aromatic rings. The fraction of sp³-hybridized carbons (Fsp3) is 0.450. The normalized spacial score (nSPS) is 15.5. The van der Waals surface area contributed by atoms with Gasteiger partial charge in [-0.05, 0) is 60.3 Å². The molecule has 0 spiro atoms. The molecular weight excluding hydrogens is 362 g/mol. The van der Waals surface area contributed by atoms with Crippen LogP contribution in [0.4, 0.5) is 0 Å². The Kier molecular flexibility index (Phi) is 7.14. The molecule has 1 amide bonds. The Hall–Kier alpha value is -1.34. The lowest BCUT2D eigenvalue weighted by Crippen LogP contribution is -2.40. The first-order valence-corrected chi connectivity index (χ1v) is 11.2. The van der Waals surface area contributed by atoms with Gasteiger partial charge in [-0.3, -0.25) is 9.69 Å². The van der Waals surface area contributed by atoms with Crippen LogP contribution < -0.4 is 11.1 Å². The number of fused-ring (bicyclic) bond motifs is 1. The van der Waals surface area contributed by atoms with Crippen molar-refractivity contribution in [2.24, 2.45) is 5.73 Å². The van der Waals surface area contributed by atoms with E-state index in [1.165, 1.54) is 20.9 Å². The van der Waals surface area contributed by atoms with Gasteiger partial charge in [0.25, 0.3) is 0 Å². The van der Waals surface area contributed by atoms with Gasteiger partial charge in [0, 0.05) is 35.8 Å². The summed E-state index contributed by atoms with van der Waals surface area (Å²) in [5.74, 6) is 0.0921. The second kappa shape index (κ2) is 9.55. The number of hydrogen-bond donors (Lipinski definition) is 2. The molecule has 0 fully saturated rings. The molecule has 0 saturated heterocycles. The highest BCUT2D eigenvalue weighted by molar-refractivity contribution is 7.98. The van der Waals surface area contributed by atoms with Crippen molar-refractivity contribution in [3.63, 3.8) is 0 Å². The standard InChI is InChI=1S/C20H27N3OS2/c1-25-17-6-4-15(5-7-17)18(13-22-20(24)3-2-10-21)23-11-8-19-16(14-23)9-12-26-19/h4-7,9,12,18H,2-3,8,10-11,13-14,21H2,1H3,(H,22,24). The number of rotatable bonds is 8. The van der Waals surface area contributed by atoms with Crippen LogP contribution in [-0.4, -0.2) is 36.7 Å². The molecule has 1 aromatic carbocycles. The van der Waals surface area contributed by atoms with Crippen LogP contribution in [0.5, 0.6) is 0 Å². The molecule has 0 bridgehead atoms. The Morgan fingerprint density at radius 1 is 1.35 bits per heavy atom. The predicted molar refractivity (Wildman–Crippen MR) is 111 cm³/mol. The van der Waals surface area contributed by atoms with Crippen molar-refractivity contribution >= 4 is 29.0 Å². The van der Waals surface area contributed by atoms with Gasteiger partial charge in [0.2, 0.25) is 5.91 Å². The van der Waals surface area contributed by atoms with E-state index in [0.717, 1.165) is 25.9 Å². The van der Waals surface area contributed by atoms with Crippen molar-refractivity contribution in [2.45, 2.75) is 36.7 Å². The highest BCUT2D eigenvalue weighted by atomic mass is 32.2. The van der Waals surface area contributed by atoms with Gasteiger partial charge < -0.3 is 11.1 Å². The summed E-state index contributed by atoms with van der Waals surface area (Å²) in [5.41, 5.74) is 8.21. The summed E-state index contributed by atoms with van der Waals surface area (Å²) in [6, 6.07) is 11.2. The van der Waals surface area contributed by atoms with Crippen LogP contribution in [-0.2, 0) is 17.8 Å². The zero-order valence-electron chi connectivity index (χ0n) is 15.2. The van der Waals surface area contributed by atoms with E-state index in [9.17, 15) is 4.79 Å². The minimum absolute atomic E-state index is 0.0921. The quantitative estimate of drug-likeness (QED) is 0.679. The first kappa shape index (κ1) is 19.4. The summed E-state index contributed by atoms with van der Waals surface area (Å²) >= 11 is 3.61. The molecule has 2 heterocycles. The van der Waals surface area contributed by atoms with E-state index in [0.29, 0.717) is 19.5 Å². The van der Waals surface area contributed by atoms with E-state index in [1.54, 1.807) is 11.8 Å². The second-order valence-corrected chi connectivity index (χ2v) is 8.46. The van der Waals surface area contributed by atoms with Crippen molar-refractivity contribution in [3.8, 4) is 0 Å². The molecule has 0 saturated carbocycles. The first-order valence-electron chi connectivity index (χ1n) is 9.11. The van der Waals surface area contributed by atoms with Crippen LogP contribution in [0.2, 0.25) is 0 Å². The lowest BCUT2D eigenvalue weighted by Gasteiger charge is -2.35. The Morgan fingerprint density at radius 3 is 2.88 bits per heavy atom. The third kappa shape index (κ3) is 4.88. The largest absolute Gasteiger partial charge is 0.354 e. The molecule has 1 aliphatic rings. The fourth-order valence-corrected chi connectivity index (χ4v) is 4.68. The van der Waals surface area contributed by atoms with Crippen LogP contribution >= 0.6 is 23.1 Å². The van der Waals surface area contributed by atoms with Crippen molar-refractivity contribution in [3.05, 3.63) is 51.7 Å². The van der Waals surface area contributed by atoms with Crippen molar-refractivity contribution < 1.29 is 4.79 Å². The van der Waals surface area contributed by atoms with Gasteiger partial charge in [-0.1, -0.05) is 12.1 Å². The SMILES string of the molecule is CSc1ccc(C(CNC(=O)CCCN)N2CCc3sccc3C2)cc1. The van der Waals surface area contributed by atoms with Crippen LogP contribution in [0.3, 0.4) is 0 Å². The minimum atomic E-state index is 0.0921. The monoisotopic (exact) mass is 389 g/mol. The molecule has 26 heavy (non-hydrogen) atoms. The molecule has 1 aliphatic heterocycles. The topological polar surface area (TPSA) is 58.4 Å². The number of nitrogens with one attached hydrogen (secondary N) is 1. The predicted octanol–water partition coefficient (Wildman–Crippen LogP) is 3.42. The molecule has 4 nitrogen and oxygen atoms in total. The van der Waals surface area contributed by atoms with Gasteiger partial charge >= 0.3 is 0 Å². The zero-order valence-corrected chi connectivity index (χ0v) is 16.9. The molecular formula is C20H27N3OS2. The minimum Gasteiger partial charge on any atom is -0.354 e. The maximum absolute atomic E-state index is 12.1. The number of thiophene rings is 1. The molecule has 3 rings (SSSR count). The molecule has 1 aromatic heterocycles. The smallest absolute Gasteiger partial charge is 0.220 e. The van der Waals surface area contributed by atoms with Gasteiger partial charge in [0.05, 0.1) is 6.04 Å². The lowest BCUT2D eigenvalue weighted by molar-refractivity contribution is -0.121. The van der Waals surface area contributed by atoms with E-state index in [4.69, 9.17) is 5.73 Å². The van der Waals surface area contributed by atoms with Gasteiger partial charge in [0.15, 0.2) is 0 Å². The van der Waals surface area contributed by atoms with Gasteiger partial charge in [0.1, 0.15) is 0 Å². The van der Waals surface area contributed by atoms with Crippen molar-refractivity contribution in [1.82, 2.24) is 10.2 Å². The van der Waals surface area contributed by atoms with Gasteiger partial charge in [-0.15, -0.1) is 23.1 Å². The highest BCUT2D eigenvalue weighted by Crippen LogP contribution is 2.31. The number of nitrogens with two attached hydrogens (primary N) is 1. The fourth-order valence-electron chi connectivity index (χ4n) is 3.38. The molecule has 140 valence electrons. The van der Waals surface area contributed by atoms with Crippen LogP contribution in [0.15, 0.2) is 40.6 Å². The first-order chi connectivity index (χ1) is 12.7. The summed E-state index contributed by atoms with van der Waals surface area (Å²) in [6.45, 7) is 3.18. The molecule has 0 aliphatic carbocycles. The summed E-state index contributed by atoms with van der Waals surface area (Å²) in [4.78, 5) is 17.4. The number of hydrogen-bond acceptors (Lipinski definition) is 5. The molecule has 1 atom stereocenters. The summed E-state index contributed by atoms with van der Waals surface area (Å²) in [7, 11) is 0. The van der Waals surface area contributed by atoms with E-state index < -0.39 is 0 Å². The maximum Gasteiger partial charge on any atom is 0.220 e. The number of carbonyl (C=O) groups is 1. The van der Waals surface area contributed by atoms with E-state index >= 15 is 0 Å². The Bertz CT molecular complexity index is 714. The van der Waals surface area contributed by atoms with Crippen LogP contribution in [0.25, 0.3) is 0 Å². The average Bonchev–Trinajstić information content (AvgIpc) is 3.15. The molecule has 3 N–H and O–H groups in total. The van der Waals surface area contributed by atoms with E-state index in [1.807, 2.05) is 11.3 Å². The number of benzene rings is 1. The van der Waals surface area contributed by atoms with Crippen molar-refractivity contribution in [2.75, 3.05) is 25.9 Å². The third-order valence-electron chi connectivity index (χ3n) is 4.88. The Labute approximate surface area is 164 Å². The zero-order chi connectivity index (χ0) is 18.4. The van der Waals surface area contributed by atoms with Crippen LogP contribution in [0.1, 0.15) is 34.9 Å². The molecule has 1 unspecified atom stereocenters. The summed E-state index contributed by atoms with van der Waals surface area (Å²) < 4.78 is 0. The van der Waals surface area contributed by atoms with Gasteiger partial charge in [-0.25, -0.2) is 0 Å². The average molecular weight is 390 g/mol. The molecule has 0 radical (unpaired) electrons. The van der Waals surface area contributed by atoms with E-state index in [-0.39, 0.29) is 11.9 Å². The number of nitrogens with zero attached hydrogens (tertiary/aromatic N) is 1. The second-order valence-electron chi connectivity index (χ2n) is 6.57.